The number of ether oxygens (including phenoxy) is 1. The molecule has 3 amide bonds. The SMILES string of the molecule is CCC(C)(C)N1C(=O)[C@H]2[C@@H](C(=O)Nc3ccccc3F)[C@@]3(C)C=C[C@@]2(O3)[C@@H]1C(=O)NC(C)(C)C. The van der Waals surface area contributed by atoms with Crippen LogP contribution in [0.25, 0.3) is 0 Å². The van der Waals surface area contributed by atoms with E-state index in [1.807, 2.05) is 41.5 Å². The zero-order chi connectivity index (χ0) is 25.3. The van der Waals surface area contributed by atoms with E-state index in [0.717, 1.165) is 0 Å². The first-order valence-corrected chi connectivity index (χ1v) is 11.8. The van der Waals surface area contributed by atoms with Gasteiger partial charge < -0.3 is 20.3 Å². The van der Waals surface area contributed by atoms with Gasteiger partial charge in [-0.3, -0.25) is 14.4 Å². The molecule has 1 aromatic carbocycles. The number of fused-ring (bicyclic) bond motifs is 1. The van der Waals surface area contributed by atoms with Crippen molar-refractivity contribution < 1.29 is 23.5 Å². The topological polar surface area (TPSA) is 87.7 Å². The second-order valence-electron chi connectivity index (χ2n) is 11.4. The van der Waals surface area contributed by atoms with Crippen molar-refractivity contribution in [3.05, 3.63) is 42.2 Å². The lowest BCUT2D eigenvalue weighted by Crippen LogP contribution is -2.62. The third-order valence-corrected chi connectivity index (χ3v) is 7.38. The lowest BCUT2D eigenvalue weighted by atomic mass is 9.70. The van der Waals surface area contributed by atoms with Crippen LogP contribution in [0.15, 0.2) is 36.4 Å². The van der Waals surface area contributed by atoms with Crippen molar-refractivity contribution in [1.29, 1.82) is 0 Å². The number of amides is 3. The Morgan fingerprint density at radius 2 is 1.76 bits per heavy atom. The molecule has 4 rings (SSSR count). The van der Waals surface area contributed by atoms with Gasteiger partial charge >= 0.3 is 0 Å². The Kier molecular flexibility index (Phi) is 5.47. The second-order valence-corrected chi connectivity index (χ2v) is 11.4. The van der Waals surface area contributed by atoms with Crippen molar-refractivity contribution >= 4 is 23.4 Å². The van der Waals surface area contributed by atoms with Gasteiger partial charge in [0.1, 0.15) is 17.5 Å². The molecule has 2 bridgehead atoms. The van der Waals surface area contributed by atoms with Gasteiger partial charge in [-0.25, -0.2) is 4.39 Å². The number of nitrogens with zero attached hydrogens (tertiary/aromatic N) is 1. The van der Waals surface area contributed by atoms with Crippen LogP contribution in [0.3, 0.4) is 0 Å². The number of anilines is 1. The molecule has 0 radical (unpaired) electrons. The molecule has 0 saturated carbocycles. The van der Waals surface area contributed by atoms with Crippen LogP contribution in [0.1, 0.15) is 54.9 Å². The summed E-state index contributed by atoms with van der Waals surface area (Å²) in [7, 11) is 0. The summed E-state index contributed by atoms with van der Waals surface area (Å²) >= 11 is 0. The number of carbonyl (C=O) groups is 3. The van der Waals surface area contributed by atoms with Gasteiger partial charge in [0, 0.05) is 11.1 Å². The third kappa shape index (κ3) is 3.54. The summed E-state index contributed by atoms with van der Waals surface area (Å²) in [6.07, 6.45) is 4.15. The Bertz CT molecular complexity index is 1080. The molecule has 3 aliphatic rings. The van der Waals surface area contributed by atoms with E-state index in [-0.39, 0.29) is 17.5 Å². The molecule has 1 aromatic rings. The highest BCUT2D eigenvalue weighted by Gasteiger charge is 2.77. The molecule has 2 saturated heterocycles. The van der Waals surface area contributed by atoms with Crippen molar-refractivity contribution in [3.63, 3.8) is 0 Å². The molecule has 34 heavy (non-hydrogen) atoms. The summed E-state index contributed by atoms with van der Waals surface area (Å²) in [5.74, 6) is -3.54. The standard InChI is InChI=1S/C26H34FN3O4/c1-8-24(5,6)30-19(21(32)29-23(2,3)4)26-14-13-25(7,34-26)17(18(26)22(30)33)20(31)28-16-12-10-9-11-15(16)27/h9-14,17-19H,8H2,1-7H3,(H,28,31)(H,29,32)/t17-,18+,19-,25+,26-/m0/s1. The van der Waals surface area contributed by atoms with Crippen molar-refractivity contribution in [2.45, 2.75) is 83.2 Å². The third-order valence-electron chi connectivity index (χ3n) is 7.38. The lowest BCUT2D eigenvalue weighted by Gasteiger charge is -2.42. The quantitative estimate of drug-likeness (QED) is 0.645. The molecule has 8 heteroatoms. The number of likely N-dealkylation sites (tertiary alicyclic amines) is 1. The highest BCUT2D eigenvalue weighted by molar-refractivity contribution is 6.03. The van der Waals surface area contributed by atoms with Crippen molar-refractivity contribution in [1.82, 2.24) is 10.2 Å². The van der Waals surface area contributed by atoms with Crippen LogP contribution in [0, 0.1) is 17.7 Å². The first kappa shape index (κ1) is 24.4. The van der Waals surface area contributed by atoms with Gasteiger partial charge in [-0.05, 0) is 60.1 Å². The minimum absolute atomic E-state index is 0.0371. The molecule has 7 nitrogen and oxygen atoms in total. The van der Waals surface area contributed by atoms with Gasteiger partial charge in [0.05, 0.1) is 23.1 Å². The van der Waals surface area contributed by atoms with Crippen molar-refractivity contribution in [3.8, 4) is 0 Å². The highest BCUT2D eigenvalue weighted by Crippen LogP contribution is 2.61. The number of hydrogen-bond donors (Lipinski definition) is 2. The van der Waals surface area contributed by atoms with E-state index in [4.69, 9.17) is 4.74 Å². The van der Waals surface area contributed by atoms with Gasteiger partial charge in [-0.2, -0.15) is 0 Å². The Morgan fingerprint density at radius 3 is 2.35 bits per heavy atom. The Balaban J connectivity index is 1.79. The Hall–Kier alpha value is -2.74. The number of rotatable bonds is 5. The number of carbonyl (C=O) groups excluding carboxylic acids is 3. The molecule has 3 aliphatic heterocycles. The van der Waals surface area contributed by atoms with Gasteiger partial charge in [0.15, 0.2) is 0 Å². The number of para-hydroxylation sites is 1. The van der Waals surface area contributed by atoms with Gasteiger partial charge in [-0.15, -0.1) is 0 Å². The van der Waals surface area contributed by atoms with Crippen LogP contribution >= 0.6 is 0 Å². The second kappa shape index (κ2) is 7.63. The van der Waals surface area contributed by atoms with Gasteiger partial charge in [0.25, 0.3) is 0 Å². The fourth-order valence-corrected chi connectivity index (χ4v) is 5.56. The fourth-order valence-electron chi connectivity index (χ4n) is 5.56. The lowest BCUT2D eigenvalue weighted by molar-refractivity contribution is -0.151. The number of benzene rings is 1. The largest absolute Gasteiger partial charge is 0.356 e. The van der Waals surface area contributed by atoms with E-state index in [1.165, 1.54) is 18.2 Å². The van der Waals surface area contributed by atoms with E-state index < -0.39 is 51.9 Å². The van der Waals surface area contributed by atoms with Crippen LogP contribution in [0.5, 0.6) is 0 Å². The minimum Gasteiger partial charge on any atom is -0.356 e. The minimum atomic E-state index is -1.29. The molecular formula is C26H34FN3O4. The van der Waals surface area contributed by atoms with Crippen LogP contribution in [0.2, 0.25) is 0 Å². The zero-order valence-electron chi connectivity index (χ0n) is 20.9. The van der Waals surface area contributed by atoms with E-state index in [1.54, 1.807) is 30.0 Å². The van der Waals surface area contributed by atoms with Crippen molar-refractivity contribution in [2.75, 3.05) is 5.32 Å². The molecule has 3 heterocycles. The molecule has 5 atom stereocenters. The molecule has 184 valence electrons. The maximum absolute atomic E-state index is 14.3. The van der Waals surface area contributed by atoms with E-state index in [0.29, 0.717) is 6.42 Å². The monoisotopic (exact) mass is 471 g/mol. The number of hydrogen-bond acceptors (Lipinski definition) is 4. The average Bonchev–Trinajstić information content (AvgIpc) is 3.29. The first-order valence-electron chi connectivity index (χ1n) is 11.8. The van der Waals surface area contributed by atoms with Crippen LogP contribution in [-0.2, 0) is 19.1 Å². The molecule has 2 fully saturated rings. The zero-order valence-corrected chi connectivity index (χ0v) is 20.9. The fraction of sp³-hybridized carbons (Fsp3) is 0.577. The maximum atomic E-state index is 14.3. The molecule has 1 spiro atoms. The van der Waals surface area contributed by atoms with Crippen LogP contribution in [0.4, 0.5) is 10.1 Å². The molecular weight excluding hydrogens is 437 g/mol. The summed E-state index contributed by atoms with van der Waals surface area (Å²) in [6, 6.07) is 4.95. The van der Waals surface area contributed by atoms with E-state index in [2.05, 4.69) is 10.6 Å². The summed E-state index contributed by atoms with van der Waals surface area (Å²) < 4.78 is 20.7. The summed E-state index contributed by atoms with van der Waals surface area (Å²) in [6.45, 7) is 13.1. The number of halogens is 1. The van der Waals surface area contributed by atoms with Crippen molar-refractivity contribution in [2.24, 2.45) is 11.8 Å². The smallest absolute Gasteiger partial charge is 0.246 e. The van der Waals surface area contributed by atoms with Crippen LogP contribution < -0.4 is 10.6 Å². The highest BCUT2D eigenvalue weighted by atomic mass is 19.1. The summed E-state index contributed by atoms with van der Waals surface area (Å²) in [4.78, 5) is 42.8. The maximum Gasteiger partial charge on any atom is 0.246 e. The predicted molar refractivity (Wildman–Crippen MR) is 126 cm³/mol. The Morgan fingerprint density at radius 1 is 1.12 bits per heavy atom. The van der Waals surface area contributed by atoms with Crippen LogP contribution in [-0.4, -0.2) is 50.9 Å². The van der Waals surface area contributed by atoms with E-state index >= 15 is 0 Å². The summed E-state index contributed by atoms with van der Waals surface area (Å²) in [5.41, 5.74) is -3.53. The molecule has 0 unspecified atom stereocenters. The number of nitrogens with one attached hydrogen (secondary N) is 2. The molecule has 2 N–H and O–H groups in total. The summed E-state index contributed by atoms with van der Waals surface area (Å²) in [5, 5.41) is 5.65. The average molecular weight is 472 g/mol. The van der Waals surface area contributed by atoms with Gasteiger partial charge in [0.2, 0.25) is 17.7 Å². The predicted octanol–water partition coefficient (Wildman–Crippen LogP) is 3.41. The first-order chi connectivity index (χ1) is 15.7. The molecule has 0 aromatic heterocycles. The normalized spacial score (nSPS) is 32.2. The molecule has 0 aliphatic carbocycles. The van der Waals surface area contributed by atoms with Gasteiger partial charge in [-0.1, -0.05) is 31.2 Å². The Labute approximate surface area is 200 Å². The van der Waals surface area contributed by atoms with E-state index in [9.17, 15) is 18.8 Å².